The van der Waals surface area contributed by atoms with Crippen molar-refractivity contribution in [3.05, 3.63) is 82.3 Å². The number of nitriles is 1. The second-order valence-electron chi connectivity index (χ2n) is 6.72. The van der Waals surface area contributed by atoms with Gasteiger partial charge in [-0.2, -0.15) is 5.26 Å². The van der Waals surface area contributed by atoms with E-state index < -0.39 is 11.7 Å². The fourth-order valence-electron chi connectivity index (χ4n) is 2.78. The van der Waals surface area contributed by atoms with E-state index in [1.54, 1.807) is 37.3 Å². The predicted molar refractivity (Wildman–Crippen MR) is 117 cm³/mol. The van der Waals surface area contributed by atoms with Gasteiger partial charge in [-0.25, -0.2) is 9.37 Å². The van der Waals surface area contributed by atoms with E-state index in [-0.39, 0.29) is 35.3 Å². The number of pyridine rings is 1. The number of carbonyl (C=O) groups excluding carboxylic acids is 2. The third-order valence-corrected chi connectivity index (χ3v) is 4.70. The molecule has 2 aromatic carbocycles. The lowest BCUT2D eigenvalue weighted by Crippen LogP contribution is -2.28. The molecule has 0 fully saturated rings. The Labute approximate surface area is 188 Å². The Bertz CT molecular complexity index is 1210. The molecule has 0 saturated heterocycles. The predicted octanol–water partition coefficient (Wildman–Crippen LogP) is 4.61. The van der Waals surface area contributed by atoms with Crippen LogP contribution in [0.3, 0.4) is 0 Å². The zero-order valence-corrected chi connectivity index (χ0v) is 17.7. The van der Waals surface area contributed by atoms with Gasteiger partial charge in [0.15, 0.2) is 0 Å². The van der Waals surface area contributed by atoms with E-state index in [2.05, 4.69) is 15.6 Å². The average molecular weight is 453 g/mol. The van der Waals surface area contributed by atoms with Crippen molar-refractivity contribution < 1.29 is 18.7 Å². The van der Waals surface area contributed by atoms with Crippen molar-refractivity contribution in [1.29, 1.82) is 5.26 Å². The normalized spacial score (nSPS) is 10.2. The van der Waals surface area contributed by atoms with E-state index in [1.165, 1.54) is 12.3 Å². The molecule has 0 aliphatic carbocycles. The van der Waals surface area contributed by atoms with Crippen LogP contribution in [0.1, 0.15) is 27.9 Å². The molecule has 0 unspecified atom stereocenters. The molecule has 2 N–H and O–H groups in total. The van der Waals surface area contributed by atoms with Crippen molar-refractivity contribution in [2.45, 2.75) is 13.3 Å². The van der Waals surface area contributed by atoms with Crippen LogP contribution in [-0.4, -0.2) is 23.3 Å². The van der Waals surface area contributed by atoms with Gasteiger partial charge < -0.3 is 15.4 Å². The second kappa shape index (κ2) is 10.4. The number of amides is 2. The van der Waals surface area contributed by atoms with Crippen molar-refractivity contribution in [2.75, 3.05) is 11.9 Å². The van der Waals surface area contributed by atoms with Gasteiger partial charge in [0, 0.05) is 24.8 Å². The van der Waals surface area contributed by atoms with E-state index in [9.17, 15) is 14.0 Å². The lowest BCUT2D eigenvalue weighted by atomic mass is 10.2. The molecule has 0 spiro atoms. The fourth-order valence-corrected chi connectivity index (χ4v) is 3.03. The maximum absolute atomic E-state index is 13.1. The first-order valence-corrected chi connectivity index (χ1v) is 9.92. The van der Waals surface area contributed by atoms with Crippen LogP contribution in [-0.2, 0) is 4.79 Å². The minimum absolute atomic E-state index is 0.00233. The van der Waals surface area contributed by atoms with Gasteiger partial charge in [0.2, 0.25) is 11.8 Å². The Hall–Kier alpha value is -3.96. The Morgan fingerprint density at radius 1 is 1.22 bits per heavy atom. The summed E-state index contributed by atoms with van der Waals surface area (Å²) in [6.45, 7) is 1.87. The summed E-state index contributed by atoms with van der Waals surface area (Å²) >= 11 is 5.86. The van der Waals surface area contributed by atoms with Gasteiger partial charge in [0.05, 0.1) is 10.6 Å². The molecule has 3 aromatic rings. The van der Waals surface area contributed by atoms with Crippen LogP contribution in [0.5, 0.6) is 11.6 Å². The molecule has 0 saturated carbocycles. The highest BCUT2D eigenvalue weighted by atomic mass is 35.5. The van der Waals surface area contributed by atoms with E-state index in [0.29, 0.717) is 17.0 Å². The topological polar surface area (TPSA) is 104 Å². The molecule has 0 atom stereocenters. The van der Waals surface area contributed by atoms with Crippen molar-refractivity contribution >= 4 is 29.1 Å². The number of rotatable bonds is 7. The zero-order chi connectivity index (χ0) is 23.1. The molecule has 0 radical (unpaired) electrons. The largest absolute Gasteiger partial charge is 0.438 e. The van der Waals surface area contributed by atoms with Crippen molar-refractivity contribution in [3.63, 3.8) is 0 Å². The smallest absolute Gasteiger partial charge is 0.252 e. The lowest BCUT2D eigenvalue weighted by Gasteiger charge is -2.12. The van der Waals surface area contributed by atoms with E-state index in [1.807, 2.05) is 6.07 Å². The van der Waals surface area contributed by atoms with Crippen LogP contribution in [0.15, 0.2) is 54.7 Å². The van der Waals surface area contributed by atoms with E-state index in [4.69, 9.17) is 21.6 Å². The fraction of sp³-hybridized carbons (Fsp3) is 0.130. The van der Waals surface area contributed by atoms with Crippen molar-refractivity contribution in [2.24, 2.45) is 0 Å². The van der Waals surface area contributed by atoms with Gasteiger partial charge >= 0.3 is 0 Å². The van der Waals surface area contributed by atoms with Crippen molar-refractivity contribution in [3.8, 4) is 17.7 Å². The number of aryl methyl sites for hydroxylation is 1. The van der Waals surface area contributed by atoms with Gasteiger partial charge in [-0.15, -0.1) is 0 Å². The third-order valence-electron chi connectivity index (χ3n) is 4.39. The number of benzene rings is 2. The molecule has 162 valence electrons. The molecule has 32 heavy (non-hydrogen) atoms. The number of carbonyl (C=O) groups is 2. The van der Waals surface area contributed by atoms with Crippen LogP contribution in [0.4, 0.5) is 10.1 Å². The van der Waals surface area contributed by atoms with Crippen LogP contribution in [0, 0.1) is 24.1 Å². The standard InChI is InChI=1S/C23H18ClFN4O3/c1-14-11-17(32-23-15(13-26)3-2-9-28-23)5-7-20(14)29-21(30)8-10-27-22(31)18-6-4-16(25)12-19(18)24/h2-7,9,11-12H,8,10H2,1H3,(H,27,31)(H,29,30). The van der Waals surface area contributed by atoms with Crippen LogP contribution >= 0.6 is 11.6 Å². The van der Waals surface area contributed by atoms with Crippen molar-refractivity contribution in [1.82, 2.24) is 10.3 Å². The first-order chi connectivity index (χ1) is 15.4. The van der Waals surface area contributed by atoms with Crippen LogP contribution in [0.25, 0.3) is 0 Å². The minimum atomic E-state index is -0.539. The van der Waals surface area contributed by atoms with E-state index >= 15 is 0 Å². The summed E-state index contributed by atoms with van der Waals surface area (Å²) in [5, 5.41) is 14.5. The molecule has 3 rings (SSSR count). The molecule has 2 amide bonds. The molecule has 7 nitrogen and oxygen atoms in total. The average Bonchev–Trinajstić information content (AvgIpc) is 2.76. The summed E-state index contributed by atoms with van der Waals surface area (Å²) in [4.78, 5) is 28.4. The maximum atomic E-state index is 13.1. The molecule has 1 heterocycles. The highest BCUT2D eigenvalue weighted by Gasteiger charge is 2.12. The molecule has 0 bridgehead atoms. The Kier molecular flexibility index (Phi) is 7.37. The highest BCUT2D eigenvalue weighted by Crippen LogP contribution is 2.26. The number of nitrogens with one attached hydrogen (secondary N) is 2. The highest BCUT2D eigenvalue weighted by molar-refractivity contribution is 6.33. The summed E-state index contributed by atoms with van der Waals surface area (Å²) in [6.07, 6.45) is 1.56. The first-order valence-electron chi connectivity index (χ1n) is 9.54. The van der Waals surface area contributed by atoms with Gasteiger partial charge in [-0.3, -0.25) is 9.59 Å². The Morgan fingerprint density at radius 3 is 2.75 bits per heavy atom. The van der Waals surface area contributed by atoms with Gasteiger partial charge in [0.25, 0.3) is 5.91 Å². The number of hydrogen-bond donors (Lipinski definition) is 2. The zero-order valence-electron chi connectivity index (χ0n) is 17.0. The van der Waals surface area contributed by atoms with Crippen LogP contribution in [0.2, 0.25) is 5.02 Å². The Balaban J connectivity index is 1.54. The quantitative estimate of drug-likeness (QED) is 0.545. The first kappa shape index (κ1) is 22.7. The molecule has 1 aromatic heterocycles. The number of anilines is 1. The van der Waals surface area contributed by atoms with E-state index in [0.717, 1.165) is 17.7 Å². The second-order valence-corrected chi connectivity index (χ2v) is 7.13. The van der Waals surface area contributed by atoms with Crippen LogP contribution < -0.4 is 15.4 Å². The summed E-state index contributed by atoms with van der Waals surface area (Å²) in [5.41, 5.74) is 1.77. The minimum Gasteiger partial charge on any atom is -0.438 e. The maximum Gasteiger partial charge on any atom is 0.252 e. The monoisotopic (exact) mass is 452 g/mol. The summed E-state index contributed by atoms with van der Waals surface area (Å²) in [7, 11) is 0. The summed E-state index contributed by atoms with van der Waals surface area (Å²) in [5.74, 6) is -0.666. The molecular formula is C23H18ClFN4O3. The lowest BCUT2D eigenvalue weighted by molar-refractivity contribution is -0.116. The number of ether oxygens (including phenoxy) is 1. The SMILES string of the molecule is Cc1cc(Oc2ncccc2C#N)ccc1NC(=O)CCNC(=O)c1ccc(F)cc1Cl. The molecule has 9 heteroatoms. The Morgan fingerprint density at radius 2 is 2.03 bits per heavy atom. The van der Waals surface area contributed by atoms with Gasteiger partial charge in [-0.05, 0) is 61.0 Å². The number of nitrogens with zero attached hydrogens (tertiary/aromatic N) is 2. The summed E-state index contributed by atoms with van der Waals surface area (Å²) < 4.78 is 18.7. The number of halogens is 2. The van der Waals surface area contributed by atoms with Gasteiger partial charge in [0.1, 0.15) is 23.2 Å². The number of aromatic nitrogens is 1. The molecule has 0 aliphatic heterocycles. The number of hydrogen-bond acceptors (Lipinski definition) is 5. The van der Waals surface area contributed by atoms with Gasteiger partial charge in [-0.1, -0.05) is 11.6 Å². The molecular weight excluding hydrogens is 435 g/mol. The third kappa shape index (κ3) is 5.80. The summed E-state index contributed by atoms with van der Waals surface area (Å²) in [6, 6.07) is 13.8. The molecule has 0 aliphatic rings.